The van der Waals surface area contributed by atoms with Crippen molar-refractivity contribution >= 4 is 34.9 Å². The number of hydrogen-bond acceptors (Lipinski definition) is 3. The molecule has 4 heteroatoms. The molecule has 0 aliphatic heterocycles. The van der Waals surface area contributed by atoms with Crippen molar-refractivity contribution in [3.05, 3.63) is 45.3 Å². The summed E-state index contributed by atoms with van der Waals surface area (Å²) in [6.45, 7) is 0. The van der Waals surface area contributed by atoms with E-state index in [-0.39, 0.29) is 11.6 Å². The van der Waals surface area contributed by atoms with Crippen LogP contribution in [0.25, 0.3) is 0 Å². The van der Waals surface area contributed by atoms with Crippen LogP contribution in [0.3, 0.4) is 0 Å². The third kappa shape index (κ3) is 1.73. The van der Waals surface area contributed by atoms with Crippen molar-refractivity contribution in [1.82, 2.24) is 0 Å². The van der Waals surface area contributed by atoms with Gasteiger partial charge in [-0.1, -0.05) is 11.6 Å². The summed E-state index contributed by atoms with van der Waals surface area (Å²) in [6.07, 6.45) is 3.14. The average molecular weight is 239 g/mol. The van der Waals surface area contributed by atoms with E-state index in [4.69, 9.17) is 11.6 Å². The SMILES string of the molecule is CSC1=CC(=O)c2cc(Cl)ccc2C1=O. The van der Waals surface area contributed by atoms with Crippen LogP contribution in [0.5, 0.6) is 0 Å². The molecule has 0 amide bonds. The van der Waals surface area contributed by atoms with E-state index in [9.17, 15) is 9.59 Å². The summed E-state index contributed by atoms with van der Waals surface area (Å²) in [5, 5.41) is 0.468. The number of benzene rings is 1. The zero-order valence-corrected chi connectivity index (χ0v) is 9.48. The van der Waals surface area contributed by atoms with Gasteiger partial charge in [-0.3, -0.25) is 9.59 Å². The lowest BCUT2D eigenvalue weighted by Gasteiger charge is -2.13. The third-order valence-electron chi connectivity index (χ3n) is 2.20. The zero-order valence-electron chi connectivity index (χ0n) is 7.91. The Kier molecular flexibility index (Phi) is 2.67. The Labute approximate surface area is 96.3 Å². The van der Waals surface area contributed by atoms with Crippen molar-refractivity contribution in [2.75, 3.05) is 6.26 Å². The van der Waals surface area contributed by atoms with Crippen LogP contribution >= 0.6 is 23.4 Å². The van der Waals surface area contributed by atoms with Crippen LogP contribution < -0.4 is 0 Å². The van der Waals surface area contributed by atoms with Gasteiger partial charge >= 0.3 is 0 Å². The second kappa shape index (κ2) is 3.83. The molecule has 0 N–H and O–H groups in total. The number of carbonyl (C=O) groups excluding carboxylic acids is 2. The molecule has 1 aromatic rings. The standard InChI is InChI=1S/C11H7ClO2S/c1-15-10-5-9(13)8-4-6(12)2-3-7(8)11(10)14/h2-5H,1H3. The maximum Gasteiger partial charge on any atom is 0.200 e. The predicted octanol–water partition coefficient (Wildman–Crippen LogP) is 2.97. The van der Waals surface area contributed by atoms with Crippen molar-refractivity contribution < 1.29 is 9.59 Å². The fourth-order valence-corrected chi connectivity index (χ4v) is 2.16. The largest absolute Gasteiger partial charge is 0.289 e. The van der Waals surface area contributed by atoms with Crippen LogP contribution in [0.2, 0.25) is 5.02 Å². The number of fused-ring (bicyclic) bond motifs is 1. The van der Waals surface area contributed by atoms with Gasteiger partial charge in [-0.15, -0.1) is 11.8 Å². The number of carbonyl (C=O) groups is 2. The van der Waals surface area contributed by atoms with Crippen molar-refractivity contribution in [3.8, 4) is 0 Å². The molecule has 0 bridgehead atoms. The van der Waals surface area contributed by atoms with Gasteiger partial charge in [-0.2, -0.15) is 0 Å². The monoisotopic (exact) mass is 238 g/mol. The molecule has 15 heavy (non-hydrogen) atoms. The average Bonchev–Trinajstić information content (AvgIpc) is 2.23. The van der Waals surface area contributed by atoms with Gasteiger partial charge in [0.2, 0.25) is 0 Å². The Morgan fingerprint density at radius 1 is 1.20 bits per heavy atom. The highest BCUT2D eigenvalue weighted by molar-refractivity contribution is 8.03. The van der Waals surface area contributed by atoms with E-state index in [1.807, 2.05) is 0 Å². The van der Waals surface area contributed by atoms with E-state index in [0.29, 0.717) is 21.1 Å². The molecule has 0 saturated carbocycles. The summed E-state index contributed by atoms with van der Waals surface area (Å²) >= 11 is 7.05. The third-order valence-corrected chi connectivity index (χ3v) is 3.18. The number of hydrogen-bond donors (Lipinski definition) is 0. The van der Waals surface area contributed by atoms with Crippen molar-refractivity contribution in [2.45, 2.75) is 0 Å². The Morgan fingerprint density at radius 2 is 1.93 bits per heavy atom. The first-order chi connectivity index (χ1) is 7.13. The van der Waals surface area contributed by atoms with E-state index < -0.39 is 0 Å². The quantitative estimate of drug-likeness (QED) is 0.754. The van der Waals surface area contributed by atoms with Crippen LogP contribution in [-0.4, -0.2) is 17.8 Å². The normalized spacial score (nSPS) is 14.9. The van der Waals surface area contributed by atoms with E-state index >= 15 is 0 Å². The molecule has 2 nitrogen and oxygen atoms in total. The first-order valence-corrected chi connectivity index (χ1v) is 5.88. The fourth-order valence-electron chi connectivity index (χ4n) is 1.47. The van der Waals surface area contributed by atoms with Crippen LogP contribution in [-0.2, 0) is 0 Å². The Hall–Kier alpha value is -1.06. The first kappa shape index (κ1) is 10.5. The molecule has 0 radical (unpaired) electrons. The molecule has 76 valence electrons. The van der Waals surface area contributed by atoms with Gasteiger partial charge in [0.15, 0.2) is 11.6 Å². The highest BCUT2D eigenvalue weighted by Gasteiger charge is 2.24. The Morgan fingerprint density at radius 3 is 2.60 bits per heavy atom. The Balaban J connectivity index is 2.62. The molecule has 0 spiro atoms. The molecule has 1 aliphatic rings. The van der Waals surface area contributed by atoms with Crippen LogP contribution in [0, 0.1) is 0 Å². The summed E-state index contributed by atoms with van der Waals surface area (Å²) in [5.41, 5.74) is 0.835. The minimum atomic E-state index is -0.156. The van der Waals surface area contributed by atoms with E-state index in [1.54, 1.807) is 18.4 Å². The lowest BCUT2D eigenvalue weighted by Crippen LogP contribution is -2.15. The zero-order chi connectivity index (χ0) is 11.0. The molecular weight excluding hydrogens is 232 g/mol. The van der Waals surface area contributed by atoms with Crippen LogP contribution in [0.15, 0.2) is 29.2 Å². The lowest BCUT2D eigenvalue weighted by molar-refractivity contribution is 0.0991. The molecule has 0 saturated heterocycles. The summed E-state index contributed by atoms with van der Waals surface area (Å²) < 4.78 is 0. The second-order valence-electron chi connectivity index (χ2n) is 3.10. The van der Waals surface area contributed by atoms with E-state index in [1.165, 1.54) is 23.9 Å². The lowest BCUT2D eigenvalue weighted by atomic mass is 9.95. The van der Waals surface area contributed by atoms with Gasteiger partial charge < -0.3 is 0 Å². The number of Topliss-reactive ketones (excluding diaryl/α,β-unsaturated/α-hetero) is 1. The van der Waals surface area contributed by atoms with Gasteiger partial charge in [-0.05, 0) is 24.5 Å². The van der Waals surface area contributed by atoms with Gasteiger partial charge in [0.05, 0.1) is 4.91 Å². The molecular formula is C11H7ClO2S. The van der Waals surface area contributed by atoms with Crippen molar-refractivity contribution in [1.29, 1.82) is 0 Å². The van der Waals surface area contributed by atoms with E-state index in [2.05, 4.69) is 0 Å². The summed E-state index contributed by atoms with van der Waals surface area (Å²) in [5.74, 6) is -0.259. The predicted molar refractivity (Wildman–Crippen MR) is 61.7 cm³/mol. The highest BCUT2D eigenvalue weighted by Crippen LogP contribution is 2.28. The molecule has 2 rings (SSSR count). The molecule has 1 aliphatic carbocycles. The van der Waals surface area contributed by atoms with Gasteiger partial charge in [0.25, 0.3) is 0 Å². The summed E-state index contributed by atoms with van der Waals surface area (Å²) in [4.78, 5) is 24.0. The van der Waals surface area contributed by atoms with Gasteiger partial charge in [0, 0.05) is 22.2 Å². The minimum Gasteiger partial charge on any atom is -0.289 e. The molecule has 1 aromatic carbocycles. The molecule has 0 aromatic heterocycles. The van der Waals surface area contributed by atoms with Crippen molar-refractivity contribution in [3.63, 3.8) is 0 Å². The number of rotatable bonds is 1. The van der Waals surface area contributed by atoms with Crippen LogP contribution in [0.1, 0.15) is 20.7 Å². The number of allylic oxidation sites excluding steroid dienone is 2. The first-order valence-electron chi connectivity index (χ1n) is 4.27. The molecule has 0 heterocycles. The minimum absolute atomic E-state index is 0.103. The number of thioether (sulfide) groups is 1. The van der Waals surface area contributed by atoms with Gasteiger partial charge in [0.1, 0.15) is 0 Å². The maximum atomic E-state index is 11.8. The number of ketones is 2. The summed E-state index contributed by atoms with van der Waals surface area (Å²) in [7, 11) is 0. The van der Waals surface area contributed by atoms with Gasteiger partial charge in [-0.25, -0.2) is 0 Å². The second-order valence-corrected chi connectivity index (χ2v) is 4.38. The molecule has 0 fully saturated rings. The topological polar surface area (TPSA) is 34.1 Å². The summed E-state index contributed by atoms with van der Waals surface area (Å²) in [6, 6.07) is 4.75. The molecule has 0 unspecified atom stereocenters. The highest BCUT2D eigenvalue weighted by atomic mass is 35.5. The van der Waals surface area contributed by atoms with Crippen LogP contribution in [0.4, 0.5) is 0 Å². The van der Waals surface area contributed by atoms with E-state index in [0.717, 1.165) is 0 Å². The Bertz CT molecular complexity index is 491. The number of halogens is 1. The van der Waals surface area contributed by atoms with Crippen molar-refractivity contribution in [2.24, 2.45) is 0 Å². The fraction of sp³-hybridized carbons (Fsp3) is 0.0909. The smallest absolute Gasteiger partial charge is 0.200 e. The maximum absolute atomic E-state index is 11.8. The molecule has 0 atom stereocenters.